The maximum Gasteiger partial charge on any atom is 0.244 e. The largest absolute Gasteiger partial charge is 0.454 e. The lowest BCUT2D eigenvalue weighted by atomic mass is 10.3. The minimum Gasteiger partial charge on any atom is -0.454 e. The van der Waals surface area contributed by atoms with E-state index >= 15 is 0 Å². The van der Waals surface area contributed by atoms with Gasteiger partial charge in [-0.05, 0) is 12.1 Å². The first-order valence-corrected chi connectivity index (χ1v) is 6.48. The summed E-state index contributed by atoms with van der Waals surface area (Å²) < 4.78 is 12.0. The van der Waals surface area contributed by atoms with Gasteiger partial charge in [0.25, 0.3) is 0 Å². The van der Waals surface area contributed by atoms with Gasteiger partial charge in [-0.3, -0.25) is 10.2 Å². The molecule has 2 N–H and O–H groups in total. The number of ether oxygens (including phenoxy) is 2. The Morgan fingerprint density at radius 2 is 2.26 bits per heavy atom. The second-order valence-electron chi connectivity index (χ2n) is 3.95. The van der Waals surface area contributed by atoms with Crippen molar-refractivity contribution in [3.05, 3.63) is 34.6 Å². The van der Waals surface area contributed by atoms with E-state index in [0.29, 0.717) is 22.0 Å². The number of benzene rings is 1. The quantitative estimate of drug-likeness (QED) is 0.890. The fourth-order valence-corrected chi connectivity index (χ4v) is 2.36. The van der Waals surface area contributed by atoms with Crippen LogP contribution in [0.3, 0.4) is 0 Å². The van der Waals surface area contributed by atoms with Crippen LogP contribution >= 0.6 is 11.3 Å². The number of nitrogens with zero attached hydrogens (tertiary/aromatic N) is 1. The Morgan fingerprint density at radius 1 is 1.42 bits per heavy atom. The summed E-state index contributed by atoms with van der Waals surface area (Å²) in [6, 6.07) is 5.23. The van der Waals surface area contributed by atoms with E-state index in [1.807, 2.05) is 0 Å². The Hall–Kier alpha value is -2.28. The van der Waals surface area contributed by atoms with Gasteiger partial charge in [0.2, 0.25) is 12.7 Å². The van der Waals surface area contributed by atoms with E-state index in [9.17, 15) is 4.79 Å². The first-order valence-electron chi connectivity index (χ1n) is 5.60. The van der Waals surface area contributed by atoms with E-state index in [4.69, 9.17) is 14.9 Å². The number of thiazole rings is 1. The highest BCUT2D eigenvalue weighted by Crippen LogP contribution is 2.34. The molecule has 0 spiro atoms. The standard InChI is InChI=1S/C12H11N3O3S/c13-12-15(3-4-19-12)6-11(16)14-8-1-2-9-10(5-8)18-7-17-9/h1-5,13H,6-7H2,(H,14,16). The van der Waals surface area contributed by atoms with Crippen molar-refractivity contribution in [2.45, 2.75) is 6.54 Å². The predicted octanol–water partition coefficient (Wildman–Crippen LogP) is 1.40. The topological polar surface area (TPSA) is 76.3 Å². The van der Waals surface area contributed by atoms with E-state index in [1.165, 1.54) is 11.3 Å². The number of hydrogen-bond donors (Lipinski definition) is 2. The zero-order chi connectivity index (χ0) is 13.2. The molecular formula is C12H11N3O3S. The lowest BCUT2D eigenvalue weighted by molar-refractivity contribution is -0.116. The molecule has 0 unspecified atom stereocenters. The molecule has 0 atom stereocenters. The van der Waals surface area contributed by atoms with E-state index in [1.54, 1.807) is 34.3 Å². The number of fused-ring (bicyclic) bond motifs is 1. The van der Waals surface area contributed by atoms with Crippen LogP contribution in [0, 0.1) is 5.41 Å². The van der Waals surface area contributed by atoms with Crippen molar-refractivity contribution >= 4 is 22.9 Å². The summed E-state index contributed by atoms with van der Waals surface area (Å²) in [6.07, 6.45) is 1.71. The van der Waals surface area contributed by atoms with E-state index < -0.39 is 0 Å². The number of hydrogen-bond acceptors (Lipinski definition) is 5. The lowest BCUT2D eigenvalue weighted by Gasteiger charge is -2.06. The van der Waals surface area contributed by atoms with Crippen LogP contribution in [-0.2, 0) is 11.3 Å². The fraction of sp³-hybridized carbons (Fsp3) is 0.167. The molecule has 0 saturated heterocycles. The molecule has 6 nitrogen and oxygen atoms in total. The Kier molecular flexibility index (Phi) is 2.96. The Morgan fingerprint density at radius 3 is 3.05 bits per heavy atom. The molecule has 98 valence electrons. The third kappa shape index (κ3) is 2.45. The molecule has 1 aliphatic rings. The van der Waals surface area contributed by atoms with Gasteiger partial charge >= 0.3 is 0 Å². The van der Waals surface area contributed by atoms with Gasteiger partial charge in [0.15, 0.2) is 16.3 Å². The van der Waals surface area contributed by atoms with Gasteiger partial charge in [-0.15, -0.1) is 11.3 Å². The Labute approximate surface area is 112 Å². The van der Waals surface area contributed by atoms with Gasteiger partial charge in [0, 0.05) is 23.3 Å². The van der Waals surface area contributed by atoms with Gasteiger partial charge in [0.1, 0.15) is 6.54 Å². The second-order valence-corrected chi connectivity index (χ2v) is 4.85. The number of aromatic nitrogens is 1. The second kappa shape index (κ2) is 4.77. The van der Waals surface area contributed by atoms with Gasteiger partial charge in [-0.2, -0.15) is 0 Å². The van der Waals surface area contributed by atoms with E-state index in [-0.39, 0.29) is 19.2 Å². The summed E-state index contributed by atoms with van der Waals surface area (Å²) in [5, 5.41) is 12.1. The minimum atomic E-state index is -0.184. The summed E-state index contributed by atoms with van der Waals surface area (Å²) in [5.74, 6) is 1.12. The fourth-order valence-electron chi connectivity index (χ4n) is 1.76. The molecule has 19 heavy (non-hydrogen) atoms. The highest BCUT2D eigenvalue weighted by atomic mass is 32.1. The number of amides is 1. The van der Waals surface area contributed by atoms with Crippen molar-refractivity contribution in [2.75, 3.05) is 12.1 Å². The molecule has 0 bridgehead atoms. The van der Waals surface area contributed by atoms with Crippen molar-refractivity contribution < 1.29 is 14.3 Å². The van der Waals surface area contributed by atoms with Crippen molar-refractivity contribution in [3.63, 3.8) is 0 Å². The van der Waals surface area contributed by atoms with Gasteiger partial charge in [-0.25, -0.2) is 0 Å². The molecular weight excluding hydrogens is 266 g/mol. The van der Waals surface area contributed by atoms with Gasteiger partial charge in [-0.1, -0.05) is 0 Å². The number of anilines is 1. The van der Waals surface area contributed by atoms with Crippen LogP contribution in [0.2, 0.25) is 0 Å². The van der Waals surface area contributed by atoms with Crippen molar-refractivity contribution in [2.24, 2.45) is 0 Å². The van der Waals surface area contributed by atoms with Crippen LogP contribution in [0.5, 0.6) is 11.5 Å². The van der Waals surface area contributed by atoms with Crippen molar-refractivity contribution in [3.8, 4) is 11.5 Å². The average molecular weight is 277 g/mol. The number of carbonyl (C=O) groups is 1. The normalized spacial score (nSPS) is 12.4. The van der Waals surface area contributed by atoms with Crippen LogP contribution < -0.4 is 19.6 Å². The monoisotopic (exact) mass is 277 g/mol. The number of rotatable bonds is 3. The Balaban J connectivity index is 1.70. The summed E-state index contributed by atoms with van der Waals surface area (Å²) in [7, 11) is 0. The molecule has 0 aliphatic carbocycles. The zero-order valence-electron chi connectivity index (χ0n) is 9.88. The Bertz CT molecular complexity index is 677. The highest BCUT2D eigenvalue weighted by Gasteiger charge is 2.14. The maximum absolute atomic E-state index is 11.8. The van der Waals surface area contributed by atoms with Crippen LogP contribution in [0.25, 0.3) is 0 Å². The molecule has 0 saturated carbocycles. The minimum absolute atomic E-state index is 0.122. The molecule has 2 aromatic rings. The van der Waals surface area contributed by atoms with Crippen LogP contribution in [0.15, 0.2) is 29.8 Å². The molecule has 3 rings (SSSR count). The summed E-state index contributed by atoms with van der Waals surface area (Å²) in [5.41, 5.74) is 0.650. The molecule has 0 fully saturated rings. The van der Waals surface area contributed by atoms with Gasteiger partial charge in [0.05, 0.1) is 0 Å². The third-order valence-electron chi connectivity index (χ3n) is 2.65. The van der Waals surface area contributed by atoms with E-state index in [2.05, 4.69) is 5.32 Å². The van der Waals surface area contributed by atoms with Crippen molar-refractivity contribution in [1.82, 2.24) is 4.57 Å². The molecule has 1 aliphatic heterocycles. The SMILES string of the molecule is N=c1sccn1CC(=O)Nc1ccc2c(c1)OCO2. The lowest BCUT2D eigenvalue weighted by Crippen LogP contribution is -2.23. The molecule has 1 aromatic heterocycles. The molecule has 1 aromatic carbocycles. The first-order chi connectivity index (χ1) is 9.22. The highest BCUT2D eigenvalue weighted by molar-refractivity contribution is 7.06. The molecule has 2 heterocycles. The predicted molar refractivity (Wildman–Crippen MR) is 69.4 cm³/mol. The average Bonchev–Trinajstić information content (AvgIpc) is 2.98. The molecule has 7 heteroatoms. The smallest absolute Gasteiger partial charge is 0.244 e. The van der Waals surface area contributed by atoms with Crippen LogP contribution in [0.4, 0.5) is 5.69 Å². The number of nitrogens with one attached hydrogen (secondary N) is 2. The van der Waals surface area contributed by atoms with Gasteiger partial charge < -0.3 is 19.4 Å². The van der Waals surface area contributed by atoms with Crippen LogP contribution in [-0.4, -0.2) is 17.3 Å². The maximum atomic E-state index is 11.8. The third-order valence-corrected chi connectivity index (χ3v) is 3.37. The molecule has 0 radical (unpaired) electrons. The summed E-state index contributed by atoms with van der Waals surface area (Å²) >= 11 is 1.28. The first kappa shape index (κ1) is 11.8. The van der Waals surface area contributed by atoms with Crippen molar-refractivity contribution in [1.29, 1.82) is 5.41 Å². The number of carbonyl (C=O) groups excluding carboxylic acids is 1. The zero-order valence-corrected chi connectivity index (χ0v) is 10.7. The van der Waals surface area contributed by atoms with Crippen LogP contribution in [0.1, 0.15) is 0 Å². The molecule has 1 amide bonds. The van der Waals surface area contributed by atoms with E-state index in [0.717, 1.165) is 0 Å². The summed E-state index contributed by atoms with van der Waals surface area (Å²) in [4.78, 5) is 12.2. The summed E-state index contributed by atoms with van der Waals surface area (Å²) in [6.45, 7) is 0.330.